The highest BCUT2D eigenvalue weighted by Crippen LogP contribution is 2.51. The highest BCUT2D eigenvalue weighted by molar-refractivity contribution is 6.18. The van der Waals surface area contributed by atoms with Gasteiger partial charge in [-0.1, -0.05) is 121 Å². The molecule has 12 rings (SSSR count). The minimum Gasteiger partial charge on any atom is -0.458 e. The van der Waals surface area contributed by atoms with Crippen LogP contribution in [0.2, 0.25) is 0 Å². The minimum absolute atomic E-state index is 0.00306. The first-order valence-corrected chi connectivity index (χ1v) is 19.6. The molecule has 2 aliphatic rings. The lowest BCUT2D eigenvalue weighted by Gasteiger charge is -2.36. The smallest absolute Gasteiger partial charge is 0.159 e. The van der Waals surface area contributed by atoms with E-state index in [4.69, 9.17) is 8.83 Å². The fourth-order valence-corrected chi connectivity index (χ4v) is 9.64. The molecule has 0 radical (unpaired) electrons. The van der Waals surface area contributed by atoms with Crippen molar-refractivity contribution < 1.29 is 8.83 Å². The first kappa shape index (κ1) is 31.3. The van der Waals surface area contributed by atoms with E-state index in [-0.39, 0.29) is 6.04 Å². The Morgan fingerprint density at radius 1 is 0.482 bits per heavy atom. The van der Waals surface area contributed by atoms with Crippen molar-refractivity contribution in [3.8, 4) is 0 Å². The maximum Gasteiger partial charge on any atom is 0.159 e. The molecule has 266 valence electrons. The van der Waals surface area contributed by atoms with E-state index in [9.17, 15) is 0 Å². The van der Waals surface area contributed by atoms with Gasteiger partial charge < -0.3 is 18.6 Å². The molecule has 1 atom stereocenters. The maximum absolute atomic E-state index is 6.74. The molecule has 0 N–H and O–H groups in total. The molecular weight excluding hydrogens is 685 g/mol. The molecule has 4 heteroatoms. The Morgan fingerprint density at radius 2 is 1.18 bits per heavy atom. The Bertz CT molecular complexity index is 3190. The van der Waals surface area contributed by atoms with Crippen molar-refractivity contribution in [2.75, 3.05) is 9.80 Å². The highest BCUT2D eigenvalue weighted by atomic mass is 16.3. The van der Waals surface area contributed by atoms with Gasteiger partial charge in [0.2, 0.25) is 0 Å². The van der Waals surface area contributed by atoms with Crippen LogP contribution >= 0.6 is 0 Å². The Morgan fingerprint density at radius 3 is 2.02 bits per heavy atom. The Balaban J connectivity index is 1.10. The second kappa shape index (κ2) is 12.2. The van der Waals surface area contributed by atoms with Crippen LogP contribution in [0.4, 0.5) is 28.4 Å². The summed E-state index contributed by atoms with van der Waals surface area (Å²) >= 11 is 0. The molecular formula is C52H36N2O2. The third-order valence-corrected chi connectivity index (χ3v) is 12.0. The molecule has 1 unspecified atom stereocenters. The summed E-state index contributed by atoms with van der Waals surface area (Å²) in [6.45, 7) is 0. The zero-order valence-electron chi connectivity index (χ0n) is 30.7. The number of hydrogen-bond donors (Lipinski definition) is 0. The molecule has 8 aromatic carbocycles. The van der Waals surface area contributed by atoms with Gasteiger partial charge in [-0.2, -0.15) is 0 Å². The van der Waals surface area contributed by atoms with E-state index in [1.54, 1.807) is 0 Å². The number of para-hydroxylation sites is 5. The highest BCUT2D eigenvalue weighted by Gasteiger charge is 2.33. The average molecular weight is 721 g/mol. The zero-order chi connectivity index (χ0) is 36.7. The van der Waals surface area contributed by atoms with E-state index < -0.39 is 0 Å². The van der Waals surface area contributed by atoms with Gasteiger partial charge in [0.15, 0.2) is 5.58 Å². The van der Waals surface area contributed by atoms with Gasteiger partial charge in [0, 0.05) is 44.2 Å². The molecule has 2 heterocycles. The first-order chi connectivity index (χ1) is 27.8. The Labute approximate surface area is 324 Å². The Hall–Kier alpha value is -7.04. The number of hydrogen-bond acceptors (Lipinski definition) is 4. The summed E-state index contributed by atoms with van der Waals surface area (Å²) in [6, 6.07) is 58.9. The standard InChI is InChI=1S/C52H36N2O2/c1-3-13-35(14-4-1)53(45-21-11-19-39-37-17-7-9-23-47(37)55-51(39)45)43-31-27-33-26-30-42-44(32-28-34-25-29-41(43)49(33)50(34)42)54(36-15-5-2-6-16-36)46-22-12-20-40-38-18-8-10-24-48(38)56-52(40)46/h1-21,23-25,27-29,31-32,46H,22,26,30H2. The molecule has 0 spiro atoms. The number of nitrogens with zero attached hydrogens (tertiary/aromatic N) is 2. The lowest BCUT2D eigenvalue weighted by molar-refractivity contribution is 0.488. The fraction of sp³-hybridized carbons (Fsp3) is 0.0769. The minimum atomic E-state index is 0.00306. The third-order valence-electron chi connectivity index (χ3n) is 12.0. The van der Waals surface area contributed by atoms with Crippen molar-refractivity contribution in [2.24, 2.45) is 0 Å². The predicted octanol–water partition coefficient (Wildman–Crippen LogP) is 14.5. The molecule has 0 amide bonds. The molecule has 2 aromatic heterocycles. The lowest BCUT2D eigenvalue weighted by Crippen LogP contribution is -2.26. The van der Waals surface area contributed by atoms with Crippen molar-refractivity contribution in [2.45, 2.75) is 25.3 Å². The summed E-state index contributed by atoms with van der Waals surface area (Å²) < 4.78 is 13.4. The summed E-state index contributed by atoms with van der Waals surface area (Å²) in [6.07, 6.45) is 7.34. The van der Waals surface area contributed by atoms with Crippen LogP contribution in [0.15, 0.2) is 179 Å². The van der Waals surface area contributed by atoms with E-state index in [0.717, 1.165) is 75.3 Å². The van der Waals surface area contributed by atoms with Gasteiger partial charge >= 0.3 is 0 Å². The van der Waals surface area contributed by atoms with E-state index in [1.807, 2.05) is 6.07 Å². The van der Waals surface area contributed by atoms with E-state index >= 15 is 0 Å². The molecule has 10 aromatic rings. The van der Waals surface area contributed by atoms with E-state index in [0.29, 0.717) is 0 Å². The second-order valence-corrected chi connectivity index (χ2v) is 15.1. The van der Waals surface area contributed by atoms with E-state index in [1.165, 1.54) is 49.3 Å². The van der Waals surface area contributed by atoms with Crippen molar-refractivity contribution in [1.29, 1.82) is 0 Å². The number of furan rings is 2. The van der Waals surface area contributed by atoms with Gasteiger partial charge in [0.1, 0.15) is 16.9 Å². The largest absolute Gasteiger partial charge is 0.458 e. The van der Waals surface area contributed by atoms with Crippen molar-refractivity contribution in [3.63, 3.8) is 0 Å². The van der Waals surface area contributed by atoms with Gasteiger partial charge in [0.25, 0.3) is 0 Å². The van der Waals surface area contributed by atoms with Crippen LogP contribution in [0.3, 0.4) is 0 Å². The zero-order valence-corrected chi connectivity index (χ0v) is 30.7. The molecule has 4 nitrogen and oxygen atoms in total. The molecule has 0 bridgehead atoms. The predicted molar refractivity (Wildman–Crippen MR) is 232 cm³/mol. The summed E-state index contributed by atoms with van der Waals surface area (Å²) in [5.41, 5.74) is 12.3. The first-order valence-electron chi connectivity index (χ1n) is 19.6. The molecule has 2 aliphatic carbocycles. The second-order valence-electron chi connectivity index (χ2n) is 15.1. The summed E-state index contributed by atoms with van der Waals surface area (Å²) in [7, 11) is 0. The monoisotopic (exact) mass is 720 g/mol. The van der Waals surface area contributed by atoms with E-state index in [2.05, 4.69) is 180 Å². The van der Waals surface area contributed by atoms with Gasteiger partial charge in [-0.25, -0.2) is 0 Å². The fourth-order valence-electron chi connectivity index (χ4n) is 9.64. The van der Waals surface area contributed by atoms with Crippen LogP contribution in [-0.4, -0.2) is 0 Å². The van der Waals surface area contributed by atoms with Gasteiger partial charge in [-0.05, 0) is 101 Å². The van der Waals surface area contributed by atoms with Gasteiger partial charge in [-0.3, -0.25) is 0 Å². The SMILES string of the molecule is C1=Cc2c(oc3ccccc23)C(N(c2ccccc2)c2ccc3ccc4c(N(c5ccccc5)c5cccc6c5oc5ccccc56)ccc5c4c3c2CC5)C1. The van der Waals surface area contributed by atoms with Crippen LogP contribution in [0.5, 0.6) is 0 Å². The van der Waals surface area contributed by atoms with Crippen LogP contribution in [0.25, 0.3) is 60.5 Å². The maximum atomic E-state index is 6.74. The van der Waals surface area contributed by atoms with Crippen LogP contribution in [0, 0.1) is 0 Å². The number of benzene rings is 8. The van der Waals surface area contributed by atoms with Crippen molar-refractivity contribution in [1.82, 2.24) is 0 Å². The van der Waals surface area contributed by atoms with Crippen molar-refractivity contribution in [3.05, 3.63) is 192 Å². The number of anilines is 5. The average Bonchev–Trinajstić information content (AvgIpc) is 3.84. The normalized spacial score (nSPS) is 14.7. The number of fused-ring (bicyclic) bond motifs is 6. The van der Waals surface area contributed by atoms with Crippen LogP contribution < -0.4 is 9.80 Å². The number of aryl methyl sites for hydroxylation is 2. The van der Waals surface area contributed by atoms with Crippen LogP contribution in [0.1, 0.15) is 34.9 Å². The van der Waals surface area contributed by atoms with Crippen molar-refractivity contribution >= 4 is 89.0 Å². The third kappa shape index (κ3) is 4.59. The quantitative estimate of drug-likeness (QED) is 0.160. The Kier molecular flexibility index (Phi) is 6.85. The number of rotatable bonds is 6. The van der Waals surface area contributed by atoms with Gasteiger partial charge in [-0.15, -0.1) is 0 Å². The topological polar surface area (TPSA) is 32.8 Å². The molecule has 0 aliphatic heterocycles. The summed E-state index contributed by atoms with van der Waals surface area (Å²) in [4.78, 5) is 4.94. The molecule has 0 saturated heterocycles. The molecule has 56 heavy (non-hydrogen) atoms. The summed E-state index contributed by atoms with van der Waals surface area (Å²) in [5.74, 6) is 1.03. The summed E-state index contributed by atoms with van der Waals surface area (Å²) in [5, 5.41) is 8.58. The molecule has 0 fully saturated rings. The van der Waals surface area contributed by atoms with Crippen LogP contribution in [-0.2, 0) is 12.8 Å². The molecule has 0 saturated carbocycles. The van der Waals surface area contributed by atoms with Gasteiger partial charge in [0.05, 0.1) is 17.4 Å². The lowest BCUT2D eigenvalue weighted by atomic mass is 9.83.